The Bertz CT molecular complexity index is 1130. The maximum Gasteiger partial charge on any atom is 0.141 e. The molecule has 0 atom stereocenters. The molecule has 1 aliphatic heterocycles. The summed E-state index contributed by atoms with van der Waals surface area (Å²) in [5, 5.41) is 4.46. The summed E-state index contributed by atoms with van der Waals surface area (Å²) in [6.45, 7) is 0. The van der Waals surface area contributed by atoms with Crippen LogP contribution < -0.4 is 5.32 Å². The van der Waals surface area contributed by atoms with Gasteiger partial charge in [-0.15, -0.1) is 11.8 Å². The monoisotopic (exact) mass is 425 g/mol. The Morgan fingerprint density at radius 3 is 2.64 bits per heavy atom. The Kier molecular flexibility index (Phi) is 4.27. The summed E-state index contributed by atoms with van der Waals surface area (Å²) in [4.78, 5) is 18.0. The van der Waals surface area contributed by atoms with E-state index in [2.05, 4.69) is 20.3 Å². The molecule has 3 aromatic heterocycles. The first-order valence-electron chi connectivity index (χ1n) is 8.46. The van der Waals surface area contributed by atoms with Gasteiger partial charge in [-0.1, -0.05) is 23.2 Å². The molecule has 0 bridgehead atoms. The molecule has 0 unspecified atom stereocenters. The second-order valence-electron chi connectivity index (χ2n) is 6.22. The van der Waals surface area contributed by atoms with E-state index in [9.17, 15) is 0 Å². The SMILES string of the molecule is CSc1cc(Cl)c(-c2nc3c([nH]2)-c2ccncc2Nc2ncccc2-3)c(Cl)c1. The summed E-state index contributed by atoms with van der Waals surface area (Å²) in [5.41, 5.74) is 5.04. The molecule has 0 fully saturated rings. The molecule has 5 rings (SSSR count). The molecule has 28 heavy (non-hydrogen) atoms. The smallest absolute Gasteiger partial charge is 0.141 e. The molecule has 138 valence electrons. The first-order valence-corrected chi connectivity index (χ1v) is 10.4. The highest BCUT2D eigenvalue weighted by atomic mass is 35.5. The predicted molar refractivity (Wildman–Crippen MR) is 116 cm³/mol. The molecule has 5 nitrogen and oxygen atoms in total. The number of hydrogen-bond donors (Lipinski definition) is 2. The molecule has 2 N–H and O–H groups in total. The van der Waals surface area contributed by atoms with E-state index in [4.69, 9.17) is 28.2 Å². The van der Waals surface area contributed by atoms with Gasteiger partial charge >= 0.3 is 0 Å². The summed E-state index contributed by atoms with van der Waals surface area (Å²) < 4.78 is 0. The standard InChI is InChI=1S/C20H13Cl2N5S/c1-28-10-7-13(21)16(14(22)8-10)20-26-17-11-4-6-23-9-15(11)25-19-12(18(17)27-20)3-2-5-24-19/h2-9H,1H3,(H,24,25)(H,26,27). The molecule has 0 aliphatic carbocycles. The largest absolute Gasteiger partial charge is 0.338 e. The summed E-state index contributed by atoms with van der Waals surface area (Å²) in [5.74, 6) is 1.34. The first kappa shape index (κ1) is 17.6. The Morgan fingerprint density at radius 1 is 1.04 bits per heavy atom. The zero-order chi connectivity index (χ0) is 19.3. The van der Waals surface area contributed by atoms with Crippen molar-refractivity contribution >= 4 is 46.5 Å². The lowest BCUT2D eigenvalue weighted by Gasteiger charge is -2.09. The second kappa shape index (κ2) is 6.81. The number of nitrogens with zero attached hydrogens (tertiary/aromatic N) is 3. The van der Waals surface area contributed by atoms with Gasteiger partial charge in [0.1, 0.15) is 17.3 Å². The first-order chi connectivity index (χ1) is 13.7. The topological polar surface area (TPSA) is 66.5 Å². The van der Waals surface area contributed by atoms with E-state index in [1.54, 1.807) is 30.4 Å². The number of aromatic amines is 1. The molecule has 4 heterocycles. The van der Waals surface area contributed by atoms with Crippen LogP contribution in [0, 0.1) is 0 Å². The van der Waals surface area contributed by atoms with E-state index in [0.29, 0.717) is 21.4 Å². The number of benzene rings is 1. The van der Waals surface area contributed by atoms with E-state index >= 15 is 0 Å². The zero-order valence-corrected chi connectivity index (χ0v) is 17.0. The lowest BCUT2D eigenvalue weighted by Crippen LogP contribution is -1.96. The van der Waals surface area contributed by atoms with E-state index < -0.39 is 0 Å². The number of rotatable bonds is 2. The quantitative estimate of drug-likeness (QED) is 0.325. The van der Waals surface area contributed by atoms with Gasteiger partial charge in [-0.3, -0.25) is 4.98 Å². The van der Waals surface area contributed by atoms with Crippen LogP contribution in [-0.2, 0) is 0 Å². The number of thioether (sulfide) groups is 1. The van der Waals surface area contributed by atoms with Crippen molar-refractivity contribution in [3.8, 4) is 33.9 Å². The predicted octanol–water partition coefficient (Wildman–Crippen LogP) is 6.29. The van der Waals surface area contributed by atoms with Crippen LogP contribution in [0.4, 0.5) is 11.5 Å². The maximum absolute atomic E-state index is 6.55. The summed E-state index contributed by atoms with van der Waals surface area (Å²) >= 11 is 14.7. The van der Waals surface area contributed by atoms with Crippen LogP contribution in [0.1, 0.15) is 0 Å². The van der Waals surface area contributed by atoms with Crippen molar-refractivity contribution < 1.29 is 0 Å². The third kappa shape index (κ3) is 2.76. The number of pyridine rings is 2. The van der Waals surface area contributed by atoms with Crippen LogP contribution in [0.2, 0.25) is 10.0 Å². The molecule has 0 saturated heterocycles. The van der Waals surface area contributed by atoms with Crippen LogP contribution in [0.15, 0.2) is 53.8 Å². The van der Waals surface area contributed by atoms with Crippen LogP contribution in [0.5, 0.6) is 0 Å². The van der Waals surface area contributed by atoms with Gasteiger partial charge in [-0.05, 0) is 36.6 Å². The van der Waals surface area contributed by atoms with Gasteiger partial charge in [-0.2, -0.15) is 0 Å². The van der Waals surface area contributed by atoms with Crippen LogP contribution in [0.25, 0.3) is 33.9 Å². The molecule has 1 aliphatic rings. The highest BCUT2D eigenvalue weighted by Crippen LogP contribution is 2.44. The van der Waals surface area contributed by atoms with Crippen LogP contribution >= 0.6 is 35.0 Å². The summed E-state index contributed by atoms with van der Waals surface area (Å²) in [7, 11) is 0. The van der Waals surface area contributed by atoms with Crippen LogP contribution in [0.3, 0.4) is 0 Å². The Morgan fingerprint density at radius 2 is 1.86 bits per heavy atom. The van der Waals surface area contributed by atoms with Gasteiger partial charge in [0.25, 0.3) is 0 Å². The van der Waals surface area contributed by atoms with Crippen molar-refractivity contribution in [3.05, 3.63) is 59.0 Å². The average molecular weight is 426 g/mol. The number of fused-ring (bicyclic) bond motifs is 5. The molecule has 0 saturated carbocycles. The summed E-state index contributed by atoms with van der Waals surface area (Å²) in [6.07, 6.45) is 7.26. The third-order valence-electron chi connectivity index (χ3n) is 4.60. The van der Waals surface area contributed by atoms with Crippen molar-refractivity contribution in [1.29, 1.82) is 0 Å². The van der Waals surface area contributed by atoms with E-state index in [-0.39, 0.29) is 0 Å². The normalized spacial score (nSPS) is 11.8. The number of nitrogens with one attached hydrogen (secondary N) is 2. The minimum absolute atomic E-state index is 0.556. The van der Waals surface area contributed by atoms with Gasteiger partial charge in [0.2, 0.25) is 0 Å². The van der Waals surface area contributed by atoms with Crippen molar-refractivity contribution in [1.82, 2.24) is 19.9 Å². The fourth-order valence-corrected chi connectivity index (χ4v) is 4.58. The number of anilines is 2. The fourth-order valence-electron chi connectivity index (χ4n) is 3.31. The Labute approximate surface area is 175 Å². The Hall–Kier alpha value is -2.54. The third-order valence-corrected chi connectivity index (χ3v) is 5.90. The van der Waals surface area contributed by atoms with Crippen molar-refractivity contribution in [2.75, 3.05) is 11.6 Å². The highest BCUT2D eigenvalue weighted by molar-refractivity contribution is 7.98. The zero-order valence-electron chi connectivity index (χ0n) is 14.6. The van der Waals surface area contributed by atoms with Gasteiger partial charge in [-0.25, -0.2) is 9.97 Å². The molecule has 8 heteroatoms. The van der Waals surface area contributed by atoms with E-state index in [0.717, 1.165) is 38.9 Å². The number of aromatic nitrogens is 4. The molecular weight excluding hydrogens is 413 g/mol. The Balaban J connectivity index is 1.79. The minimum Gasteiger partial charge on any atom is -0.338 e. The fraction of sp³-hybridized carbons (Fsp3) is 0.0500. The number of H-pyrrole nitrogens is 1. The number of imidazole rings is 1. The summed E-state index contributed by atoms with van der Waals surface area (Å²) in [6, 6.07) is 9.61. The molecule has 1 aromatic carbocycles. The lowest BCUT2D eigenvalue weighted by molar-refractivity contribution is 1.26. The van der Waals surface area contributed by atoms with Crippen LogP contribution in [-0.4, -0.2) is 26.2 Å². The van der Waals surface area contributed by atoms with E-state index in [1.165, 1.54) is 0 Å². The van der Waals surface area contributed by atoms with Gasteiger partial charge in [0.05, 0.1) is 33.2 Å². The highest BCUT2D eigenvalue weighted by Gasteiger charge is 2.25. The maximum atomic E-state index is 6.55. The minimum atomic E-state index is 0.556. The molecular formula is C20H13Cl2N5S. The number of halogens is 2. The van der Waals surface area contributed by atoms with Gasteiger partial charge < -0.3 is 10.3 Å². The average Bonchev–Trinajstić information content (AvgIpc) is 3.07. The van der Waals surface area contributed by atoms with Gasteiger partial charge in [0.15, 0.2) is 0 Å². The molecule has 0 radical (unpaired) electrons. The van der Waals surface area contributed by atoms with Crippen molar-refractivity contribution in [2.45, 2.75) is 4.90 Å². The molecule has 0 amide bonds. The molecule has 0 spiro atoms. The molecule has 4 aromatic rings. The lowest BCUT2D eigenvalue weighted by atomic mass is 10.1. The van der Waals surface area contributed by atoms with E-state index in [1.807, 2.05) is 36.6 Å². The second-order valence-corrected chi connectivity index (χ2v) is 7.91. The number of hydrogen-bond acceptors (Lipinski definition) is 5. The van der Waals surface area contributed by atoms with Crippen molar-refractivity contribution in [3.63, 3.8) is 0 Å². The van der Waals surface area contributed by atoms with Crippen molar-refractivity contribution in [2.24, 2.45) is 0 Å². The van der Waals surface area contributed by atoms with Gasteiger partial charge in [0, 0.05) is 28.4 Å².